The van der Waals surface area contributed by atoms with Crippen LogP contribution in [0.5, 0.6) is 0 Å². The molecule has 0 saturated heterocycles. The average Bonchev–Trinajstić information content (AvgIpc) is 0.743. The number of benzene rings is 2. The van der Waals surface area contributed by atoms with Crippen molar-refractivity contribution in [1.29, 1.82) is 0 Å². The Labute approximate surface area is 700 Å². The van der Waals surface area contributed by atoms with Crippen LogP contribution < -0.4 is 10.6 Å². The van der Waals surface area contributed by atoms with Gasteiger partial charge in [0.05, 0.1) is 77.1 Å². The molecular formula is C84H126N2O34. The Morgan fingerprint density at radius 3 is 0.667 bits per heavy atom. The van der Waals surface area contributed by atoms with Gasteiger partial charge in [0, 0.05) is 126 Å². The summed E-state index contributed by atoms with van der Waals surface area (Å²) in [6.45, 7) is -1.06. The fourth-order valence-electron chi connectivity index (χ4n) is 11.3. The first-order chi connectivity index (χ1) is 58.3. The van der Waals surface area contributed by atoms with Gasteiger partial charge in [0.1, 0.15) is 66.1 Å². The molecule has 0 aliphatic heterocycles. The van der Waals surface area contributed by atoms with Crippen LogP contribution >= 0.6 is 0 Å². The third-order valence-electron chi connectivity index (χ3n) is 17.7. The number of carbonyl (C=O) groups is 14. The molecule has 2 aromatic rings. The quantitative estimate of drug-likeness (QED) is 0.0187. The van der Waals surface area contributed by atoms with E-state index in [0.29, 0.717) is 77.0 Å². The minimum Gasteiger partial charge on any atom is -0.463 e. The average molecular weight is 1710 g/mol. The summed E-state index contributed by atoms with van der Waals surface area (Å²) < 4.78 is 85.7. The number of ketones is 2. The summed E-state index contributed by atoms with van der Waals surface area (Å²) in [5, 5.41) is 41.8. The van der Waals surface area contributed by atoms with E-state index >= 15 is 0 Å². The number of nitrogens with one attached hydrogen (secondary N) is 2. The molecule has 0 amide bonds. The van der Waals surface area contributed by atoms with Crippen molar-refractivity contribution in [3.05, 3.63) is 58.7 Å². The second-order valence-corrected chi connectivity index (χ2v) is 27.6. The highest BCUT2D eigenvalue weighted by atomic mass is 16.6. The van der Waals surface area contributed by atoms with Gasteiger partial charge in [0.25, 0.3) is 0 Å². The van der Waals surface area contributed by atoms with E-state index in [1.165, 1.54) is 24.3 Å². The number of esters is 12. The second kappa shape index (κ2) is 69.4. The second-order valence-electron chi connectivity index (χ2n) is 27.6. The molecule has 0 bridgehead atoms. The van der Waals surface area contributed by atoms with Gasteiger partial charge in [-0.2, -0.15) is 0 Å². The lowest BCUT2D eigenvalue weighted by molar-refractivity contribution is -0.158. The van der Waals surface area contributed by atoms with Gasteiger partial charge >= 0.3 is 71.6 Å². The number of aliphatic hydroxyl groups excluding tert-OH is 4. The summed E-state index contributed by atoms with van der Waals surface area (Å²) in [4.78, 5) is 180. The number of hydrogen-bond acceptors (Lipinski definition) is 36. The first-order valence-corrected chi connectivity index (χ1v) is 41.8. The van der Waals surface area contributed by atoms with Crippen molar-refractivity contribution >= 4 is 94.6 Å². The Morgan fingerprint density at radius 1 is 0.250 bits per heavy atom. The van der Waals surface area contributed by atoms with Crippen molar-refractivity contribution < 1.29 is 163 Å². The number of hydrogen-bond donors (Lipinski definition) is 6. The molecule has 0 fully saturated rings. The monoisotopic (exact) mass is 1710 g/mol. The lowest BCUT2D eigenvalue weighted by Crippen LogP contribution is -2.33. The van der Waals surface area contributed by atoms with Crippen molar-refractivity contribution in [3.8, 4) is 0 Å². The molecule has 36 heteroatoms. The van der Waals surface area contributed by atoms with Crippen LogP contribution in [0.4, 0.5) is 11.4 Å². The molecule has 36 nitrogen and oxygen atoms in total. The molecule has 3 rings (SSSR count). The van der Waals surface area contributed by atoms with Crippen molar-refractivity contribution in [2.45, 2.75) is 218 Å². The maximum atomic E-state index is 14.7. The van der Waals surface area contributed by atoms with Crippen LogP contribution in [-0.4, -0.2) is 274 Å². The number of anilines is 2. The SMILES string of the molecule is O=C(CCCCCO)OCCOCCOC(=O)CCCCC(=O)OCC(CNc1ccc(NCC(COC(=O)CCCCC(=O)OCCOCCOC(=O)CCCCCO)OC(=O)CCCCC(=O)OCCOCCOC(=O)CCCCCO)c2c1C(=O)c1ccccc1C2=O)OC(=O)CCCCC(=O)OCCOCCOC(=O)CCCCCO. The van der Waals surface area contributed by atoms with E-state index in [1.807, 2.05) is 0 Å². The molecule has 0 aromatic heterocycles. The summed E-state index contributed by atoms with van der Waals surface area (Å²) >= 11 is 0. The lowest BCUT2D eigenvalue weighted by Gasteiger charge is -2.26. The van der Waals surface area contributed by atoms with Crippen LogP contribution in [0, 0.1) is 0 Å². The molecule has 0 heterocycles. The van der Waals surface area contributed by atoms with Crippen molar-refractivity contribution in [3.63, 3.8) is 0 Å². The van der Waals surface area contributed by atoms with E-state index in [9.17, 15) is 67.1 Å². The largest absolute Gasteiger partial charge is 0.463 e. The summed E-state index contributed by atoms with van der Waals surface area (Å²) in [5.74, 6) is -7.80. The highest BCUT2D eigenvalue weighted by Gasteiger charge is 2.35. The van der Waals surface area contributed by atoms with Crippen LogP contribution in [0.2, 0.25) is 0 Å². The molecule has 2 atom stereocenters. The van der Waals surface area contributed by atoms with Crippen LogP contribution in [0.3, 0.4) is 0 Å². The fourth-order valence-corrected chi connectivity index (χ4v) is 11.3. The smallest absolute Gasteiger partial charge is 0.306 e. The summed E-state index contributed by atoms with van der Waals surface area (Å²) in [5.41, 5.74) is 0.0815. The Bertz CT molecular complexity index is 3120. The van der Waals surface area contributed by atoms with Gasteiger partial charge in [-0.05, 0) is 115 Å². The Balaban J connectivity index is 1.72. The molecule has 0 radical (unpaired) electrons. The molecule has 2 aromatic carbocycles. The zero-order valence-electron chi connectivity index (χ0n) is 69.3. The number of unbranched alkanes of at least 4 members (excludes halogenated alkanes) is 12. The normalized spacial score (nSPS) is 11.9. The van der Waals surface area contributed by atoms with Gasteiger partial charge in [-0.25, -0.2) is 0 Å². The summed E-state index contributed by atoms with van der Waals surface area (Å²) in [6, 6.07) is 9.06. The highest BCUT2D eigenvalue weighted by molar-refractivity contribution is 6.32. The van der Waals surface area contributed by atoms with Gasteiger partial charge in [-0.3, -0.25) is 67.1 Å². The van der Waals surface area contributed by atoms with Crippen molar-refractivity contribution in [1.82, 2.24) is 0 Å². The molecule has 1 aliphatic rings. The van der Waals surface area contributed by atoms with Gasteiger partial charge in [-0.1, -0.05) is 49.9 Å². The topological polar surface area (TPSA) is 492 Å². The Kier molecular flexibility index (Phi) is 60.6. The minimum absolute atomic E-state index is 0.0166. The zero-order chi connectivity index (χ0) is 87.3. The number of rotatable bonds is 76. The number of ether oxygens (including phenoxy) is 16. The fraction of sp³-hybridized carbons (Fsp3) is 0.690. The molecule has 6 N–H and O–H groups in total. The van der Waals surface area contributed by atoms with E-state index < -0.39 is 84.7 Å². The molecule has 120 heavy (non-hydrogen) atoms. The maximum absolute atomic E-state index is 14.7. The predicted molar refractivity (Wildman–Crippen MR) is 425 cm³/mol. The summed E-state index contributed by atoms with van der Waals surface area (Å²) in [6.07, 6.45) is 6.83. The predicted octanol–water partition coefficient (Wildman–Crippen LogP) is 7.06. The zero-order valence-corrected chi connectivity index (χ0v) is 69.3. The Hall–Kier alpha value is -9.30. The maximum Gasteiger partial charge on any atom is 0.306 e. The Morgan fingerprint density at radius 2 is 0.450 bits per heavy atom. The van der Waals surface area contributed by atoms with Crippen molar-refractivity contribution in [2.75, 3.05) is 169 Å². The number of aliphatic hydroxyl groups is 4. The molecule has 1 aliphatic carbocycles. The first kappa shape index (κ1) is 105. The highest BCUT2D eigenvalue weighted by Crippen LogP contribution is 2.37. The molecule has 0 spiro atoms. The van der Waals surface area contributed by atoms with Gasteiger partial charge < -0.3 is 107 Å². The third kappa shape index (κ3) is 52.7. The molecule has 0 saturated carbocycles. The molecule has 2 unspecified atom stereocenters. The third-order valence-corrected chi connectivity index (χ3v) is 17.7. The lowest BCUT2D eigenvalue weighted by atomic mass is 9.82. The van der Waals surface area contributed by atoms with E-state index in [1.54, 1.807) is 12.1 Å². The van der Waals surface area contributed by atoms with E-state index in [2.05, 4.69) is 10.6 Å². The van der Waals surface area contributed by atoms with Crippen LogP contribution in [0.15, 0.2) is 36.4 Å². The molecule has 676 valence electrons. The van der Waals surface area contributed by atoms with E-state index in [-0.39, 0.29) is 331 Å². The van der Waals surface area contributed by atoms with E-state index in [0.717, 1.165) is 0 Å². The van der Waals surface area contributed by atoms with Crippen molar-refractivity contribution in [2.24, 2.45) is 0 Å². The van der Waals surface area contributed by atoms with Gasteiger partial charge in [0.2, 0.25) is 0 Å². The minimum atomic E-state index is -1.23. The number of carbonyl (C=O) groups excluding carboxylic acids is 14. The van der Waals surface area contributed by atoms with Gasteiger partial charge in [0.15, 0.2) is 23.8 Å². The number of fused-ring (bicyclic) bond motifs is 2. The van der Waals surface area contributed by atoms with E-state index in [4.69, 9.17) is 96.2 Å². The van der Waals surface area contributed by atoms with Crippen LogP contribution in [0.1, 0.15) is 237 Å². The summed E-state index contributed by atoms with van der Waals surface area (Å²) in [7, 11) is 0. The van der Waals surface area contributed by atoms with Gasteiger partial charge in [-0.15, -0.1) is 0 Å². The van der Waals surface area contributed by atoms with Crippen LogP contribution in [0.25, 0.3) is 0 Å². The first-order valence-electron chi connectivity index (χ1n) is 41.8. The van der Waals surface area contributed by atoms with Crippen LogP contribution in [-0.2, 0) is 133 Å². The standard InChI is InChI=1S/C84H126N2O34/c87-39-19-1-5-25-69(91)109-51-43-105-47-55-113-73(95)29-11-13-33-77(99)117-61-63(119-79(101)35-17-15-31-75(97)115-57-49-107-45-53-111-71(93)27-7-3-21-41-89)59-85-67-37-38-68(82-81(67)83(103)65-23-9-10-24-66(65)84(82)104)86-60-64(120-80(102)36-18-16-32-76(98)116-58-50-108-46-54-112-72(94)28-8-4-22-42-90)62-118-78(100)34-14-12-30-74(96)114-56-48-106-44-52-110-70(92)26-6-2-20-40-88/h9-10,23-24,37-38,63-64,85-90H,1-8,11-22,25-36,39-62H2. The molecular weight excluding hydrogens is 1580 g/mol.